The van der Waals surface area contributed by atoms with Crippen LogP contribution in [0.15, 0.2) is 42.7 Å². The van der Waals surface area contributed by atoms with Gasteiger partial charge in [0, 0.05) is 35.8 Å². The highest BCUT2D eigenvalue weighted by atomic mass is 35.5. The Hall–Kier alpha value is -2.59. The van der Waals surface area contributed by atoms with Crippen LogP contribution in [0.3, 0.4) is 0 Å². The monoisotopic (exact) mass is 351 g/mol. The highest BCUT2D eigenvalue weighted by Gasteiger charge is 2.18. The normalized spacial score (nSPS) is 12.8. The lowest BCUT2D eigenvalue weighted by atomic mass is 10.0. The van der Waals surface area contributed by atoms with Crippen LogP contribution in [-0.2, 0) is 24.8 Å². The number of ether oxygens (including phenoxy) is 1. The third-order valence-electron chi connectivity index (χ3n) is 4.60. The third kappa shape index (κ3) is 3.05. The summed E-state index contributed by atoms with van der Waals surface area (Å²) >= 11 is 6.24. The number of benzene rings is 1. The van der Waals surface area contributed by atoms with Crippen molar-refractivity contribution in [2.24, 2.45) is 7.05 Å². The van der Waals surface area contributed by atoms with Gasteiger partial charge < -0.3 is 9.30 Å². The largest absolute Gasteiger partial charge is 0.487 e. The van der Waals surface area contributed by atoms with Crippen LogP contribution >= 0.6 is 11.6 Å². The maximum atomic E-state index is 6.24. The first-order valence-electron chi connectivity index (χ1n) is 8.16. The van der Waals surface area contributed by atoms with Crippen molar-refractivity contribution in [2.75, 3.05) is 0 Å². The molecule has 25 heavy (non-hydrogen) atoms. The summed E-state index contributed by atoms with van der Waals surface area (Å²) < 4.78 is 8.23. The molecule has 0 fully saturated rings. The average Bonchev–Trinajstić information content (AvgIpc) is 2.85. The van der Waals surface area contributed by atoms with Crippen LogP contribution in [0.1, 0.15) is 33.9 Å². The summed E-state index contributed by atoms with van der Waals surface area (Å²) in [6.07, 6.45) is 6.48. The molecule has 0 unspecified atom stereocenters. The molecule has 126 valence electrons. The van der Waals surface area contributed by atoms with E-state index in [2.05, 4.69) is 16.0 Å². The molecule has 0 spiro atoms. The Kier molecular flexibility index (Phi) is 4.06. The van der Waals surface area contributed by atoms with Crippen molar-refractivity contribution in [3.63, 3.8) is 0 Å². The number of hydrogen-bond acceptors (Lipinski definition) is 3. The Balaban J connectivity index is 1.74. The van der Waals surface area contributed by atoms with E-state index in [4.69, 9.17) is 16.3 Å². The number of aryl methyl sites for hydroxylation is 1. The minimum atomic E-state index is 0.449. The molecule has 2 heterocycles. The topological polar surface area (TPSA) is 39.9 Å². The third-order valence-corrected chi connectivity index (χ3v) is 4.83. The van der Waals surface area contributed by atoms with Crippen molar-refractivity contribution in [1.82, 2.24) is 14.5 Å². The molecule has 0 N–H and O–H groups in total. The molecule has 0 saturated heterocycles. The fraction of sp³-hybridized carbons (Fsp3) is 0.200. The molecule has 3 aromatic rings. The van der Waals surface area contributed by atoms with Gasteiger partial charge in [0.25, 0.3) is 0 Å². The molecular formula is C20H18ClN3O. The van der Waals surface area contributed by atoms with Crippen LogP contribution in [0.5, 0.6) is 0 Å². The Labute approximate surface area is 151 Å². The van der Waals surface area contributed by atoms with Gasteiger partial charge in [0.2, 0.25) is 0 Å². The Morgan fingerprint density at radius 3 is 2.92 bits per heavy atom. The van der Waals surface area contributed by atoms with Gasteiger partial charge in [0.15, 0.2) is 0 Å². The van der Waals surface area contributed by atoms with Crippen LogP contribution in [-0.4, -0.2) is 14.5 Å². The maximum Gasteiger partial charge on any atom is 0.130 e. The molecule has 1 aromatic carbocycles. The van der Waals surface area contributed by atoms with Gasteiger partial charge in [0.1, 0.15) is 18.2 Å². The van der Waals surface area contributed by atoms with Gasteiger partial charge in [-0.25, -0.2) is 4.98 Å². The van der Waals surface area contributed by atoms with E-state index in [-0.39, 0.29) is 0 Å². The smallest absolute Gasteiger partial charge is 0.130 e. The van der Waals surface area contributed by atoms with E-state index in [0.717, 1.165) is 46.1 Å². The lowest BCUT2D eigenvalue weighted by Crippen LogP contribution is -2.02. The van der Waals surface area contributed by atoms with Crippen LogP contribution in [0.25, 0.3) is 11.8 Å². The van der Waals surface area contributed by atoms with E-state index in [0.29, 0.717) is 11.6 Å². The quantitative estimate of drug-likeness (QED) is 0.702. The molecule has 0 radical (unpaired) electrons. The van der Waals surface area contributed by atoms with Gasteiger partial charge in [-0.3, -0.25) is 4.98 Å². The second-order valence-electron chi connectivity index (χ2n) is 6.17. The number of fused-ring (bicyclic) bond motifs is 2. The first-order valence-corrected chi connectivity index (χ1v) is 8.54. The molecule has 0 amide bonds. The maximum absolute atomic E-state index is 6.24. The molecule has 1 aliphatic carbocycles. The molecule has 0 saturated carbocycles. The van der Waals surface area contributed by atoms with Gasteiger partial charge in [-0.2, -0.15) is 0 Å². The molecule has 1 aliphatic rings. The van der Waals surface area contributed by atoms with Gasteiger partial charge in [0.05, 0.1) is 17.6 Å². The van der Waals surface area contributed by atoms with Crippen LogP contribution in [0, 0.1) is 6.92 Å². The zero-order chi connectivity index (χ0) is 17.4. The second kappa shape index (κ2) is 6.37. The van der Waals surface area contributed by atoms with Gasteiger partial charge in [-0.15, -0.1) is 0 Å². The summed E-state index contributed by atoms with van der Waals surface area (Å²) in [4.78, 5) is 8.85. The highest BCUT2D eigenvalue weighted by Crippen LogP contribution is 2.32. The number of hydrogen-bond donors (Lipinski definition) is 0. The minimum absolute atomic E-state index is 0.449. The minimum Gasteiger partial charge on any atom is -0.487 e. The van der Waals surface area contributed by atoms with Gasteiger partial charge in [-0.05, 0) is 36.8 Å². The van der Waals surface area contributed by atoms with E-state index in [1.165, 1.54) is 0 Å². The van der Waals surface area contributed by atoms with E-state index >= 15 is 0 Å². The van der Waals surface area contributed by atoms with E-state index < -0.39 is 0 Å². The summed E-state index contributed by atoms with van der Waals surface area (Å²) in [7, 11) is 1.99. The summed E-state index contributed by atoms with van der Waals surface area (Å²) in [5, 5.41) is 0.698. The van der Waals surface area contributed by atoms with E-state index in [1.807, 2.05) is 61.3 Å². The highest BCUT2D eigenvalue weighted by molar-refractivity contribution is 6.30. The second-order valence-corrected chi connectivity index (χ2v) is 6.61. The molecule has 0 atom stereocenters. The number of halogens is 1. The molecule has 0 aliphatic heterocycles. The number of imidazole rings is 1. The molecular weight excluding hydrogens is 334 g/mol. The zero-order valence-corrected chi connectivity index (χ0v) is 14.9. The summed E-state index contributed by atoms with van der Waals surface area (Å²) in [5.41, 5.74) is 5.32. The van der Waals surface area contributed by atoms with Crippen LogP contribution in [0.4, 0.5) is 0 Å². The van der Waals surface area contributed by atoms with Gasteiger partial charge >= 0.3 is 0 Å². The fourth-order valence-corrected chi connectivity index (χ4v) is 3.19. The number of aromatic nitrogens is 3. The number of nitrogens with zero attached hydrogens (tertiary/aromatic N) is 3. The first kappa shape index (κ1) is 15.9. The SMILES string of the molecule is Cc1ncc(COC2=Cc3cccnc3Cc3ccc(Cl)cc32)n1C. The average molecular weight is 352 g/mol. The predicted molar refractivity (Wildman–Crippen MR) is 99.1 cm³/mol. The molecule has 2 aromatic heterocycles. The molecule has 4 rings (SSSR count). The van der Waals surface area contributed by atoms with Gasteiger partial charge in [-0.1, -0.05) is 23.7 Å². The van der Waals surface area contributed by atoms with Crippen molar-refractivity contribution < 1.29 is 4.74 Å². The lowest BCUT2D eigenvalue weighted by Gasteiger charge is -2.13. The van der Waals surface area contributed by atoms with Crippen molar-refractivity contribution in [3.8, 4) is 0 Å². The van der Waals surface area contributed by atoms with Crippen molar-refractivity contribution in [2.45, 2.75) is 20.0 Å². The fourth-order valence-electron chi connectivity index (χ4n) is 3.02. The number of rotatable bonds is 3. The molecule has 5 heteroatoms. The van der Waals surface area contributed by atoms with Crippen molar-refractivity contribution in [3.05, 3.63) is 81.7 Å². The number of pyridine rings is 1. The standard InChI is InChI=1S/C20H18ClN3O/c1-13-23-11-17(24(13)2)12-25-20-9-15-4-3-7-22-19(15)8-14-5-6-16(21)10-18(14)20/h3-7,9-11H,8,12H2,1-2H3. The predicted octanol–water partition coefficient (Wildman–Crippen LogP) is 4.40. The van der Waals surface area contributed by atoms with E-state index in [1.54, 1.807) is 0 Å². The summed E-state index contributed by atoms with van der Waals surface area (Å²) in [6.45, 7) is 2.43. The molecule has 4 nitrogen and oxygen atoms in total. The lowest BCUT2D eigenvalue weighted by molar-refractivity contribution is 0.258. The van der Waals surface area contributed by atoms with Crippen LogP contribution < -0.4 is 0 Å². The Morgan fingerprint density at radius 2 is 2.12 bits per heavy atom. The first-order chi connectivity index (χ1) is 12.1. The van der Waals surface area contributed by atoms with Crippen molar-refractivity contribution >= 4 is 23.4 Å². The molecule has 0 bridgehead atoms. The summed E-state index contributed by atoms with van der Waals surface area (Å²) in [5.74, 6) is 1.77. The van der Waals surface area contributed by atoms with Crippen molar-refractivity contribution in [1.29, 1.82) is 0 Å². The Morgan fingerprint density at radius 1 is 1.24 bits per heavy atom. The summed E-state index contributed by atoms with van der Waals surface area (Å²) in [6, 6.07) is 9.93. The van der Waals surface area contributed by atoms with E-state index in [9.17, 15) is 0 Å². The zero-order valence-electron chi connectivity index (χ0n) is 14.2. The van der Waals surface area contributed by atoms with Crippen LogP contribution in [0.2, 0.25) is 5.02 Å². The Bertz CT molecular complexity index is 975.